The summed E-state index contributed by atoms with van der Waals surface area (Å²) in [7, 11) is 0. The molecular formula is C15H10O5. The number of phenols is 2. The van der Waals surface area contributed by atoms with Gasteiger partial charge < -0.3 is 19.4 Å². The fourth-order valence-electron chi connectivity index (χ4n) is 1.84. The van der Waals surface area contributed by atoms with Gasteiger partial charge in [-0.3, -0.25) is 4.79 Å². The average Bonchev–Trinajstić information content (AvgIpc) is 2.47. The van der Waals surface area contributed by atoms with Crippen LogP contribution >= 0.6 is 0 Å². The van der Waals surface area contributed by atoms with Crippen molar-refractivity contribution in [3.8, 4) is 23.0 Å². The Hall–Kier alpha value is -2.95. The largest absolute Gasteiger partial charge is 0.504 e. The molecule has 0 aliphatic carbocycles. The smallest absolute Gasteiger partial charge is 0.235 e. The van der Waals surface area contributed by atoms with Crippen molar-refractivity contribution in [2.24, 2.45) is 0 Å². The highest BCUT2D eigenvalue weighted by Gasteiger charge is 2.14. The first-order valence-electron chi connectivity index (χ1n) is 5.86. The second-order valence-electron chi connectivity index (χ2n) is 4.15. The zero-order valence-corrected chi connectivity index (χ0v) is 10.2. The molecule has 3 aromatic rings. The molecule has 0 spiro atoms. The number of ether oxygens (including phenoxy) is 1. The van der Waals surface area contributed by atoms with Crippen molar-refractivity contribution in [3.05, 3.63) is 59.0 Å². The predicted octanol–water partition coefficient (Wildman–Crippen LogP) is 3.00. The lowest BCUT2D eigenvalue weighted by molar-refractivity contribution is 0.396. The first kappa shape index (κ1) is 12.1. The molecule has 20 heavy (non-hydrogen) atoms. The molecule has 2 aromatic carbocycles. The number of para-hydroxylation sites is 1. The number of hydrogen-bond donors (Lipinski definition) is 2. The van der Waals surface area contributed by atoms with Crippen LogP contribution in [0.5, 0.6) is 23.0 Å². The van der Waals surface area contributed by atoms with Crippen LogP contribution in [0.15, 0.2) is 57.9 Å². The second-order valence-corrected chi connectivity index (χ2v) is 4.15. The van der Waals surface area contributed by atoms with Crippen molar-refractivity contribution in [3.63, 3.8) is 0 Å². The van der Waals surface area contributed by atoms with Crippen molar-refractivity contribution < 1.29 is 19.4 Å². The van der Waals surface area contributed by atoms with Crippen LogP contribution in [0.4, 0.5) is 0 Å². The highest BCUT2D eigenvalue weighted by atomic mass is 16.5. The molecule has 5 heteroatoms. The van der Waals surface area contributed by atoms with E-state index >= 15 is 0 Å². The molecule has 0 amide bonds. The van der Waals surface area contributed by atoms with E-state index in [4.69, 9.17) is 9.15 Å². The maximum atomic E-state index is 12.2. The summed E-state index contributed by atoms with van der Waals surface area (Å²) in [5.41, 5.74) is -0.499. The van der Waals surface area contributed by atoms with Gasteiger partial charge in [0.05, 0.1) is 5.39 Å². The van der Waals surface area contributed by atoms with Gasteiger partial charge in [0.1, 0.15) is 12.0 Å². The molecule has 3 rings (SSSR count). The molecule has 100 valence electrons. The second kappa shape index (κ2) is 4.62. The maximum absolute atomic E-state index is 12.2. The van der Waals surface area contributed by atoms with Crippen molar-refractivity contribution in [2.75, 3.05) is 0 Å². The van der Waals surface area contributed by atoms with Crippen LogP contribution in [-0.2, 0) is 0 Å². The molecule has 0 fully saturated rings. The van der Waals surface area contributed by atoms with Crippen LogP contribution < -0.4 is 10.2 Å². The van der Waals surface area contributed by atoms with Gasteiger partial charge in [0, 0.05) is 0 Å². The van der Waals surface area contributed by atoms with E-state index in [9.17, 15) is 15.0 Å². The summed E-state index contributed by atoms with van der Waals surface area (Å²) in [6, 6.07) is 11.4. The Kier molecular flexibility index (Phi) is 2.80. The van der Waals surface area contributed by atoms with E-state index in [1.165, 1.54) is 12.1 Å². The molecule has 5 nitrogen and oxygen atoms in total. The number of benzene rings is 2. The van der Waals surface area contributed by atoms with E-state index in [2.05, 4.69) is 0 Å². The highest BCUT2D eigenvalue weighted by Crippen LogP contribution is 2.33. The molecule has 1 aromatic heterocycles. The van der Waals surface area contributed by atoms with Gasteiger partial charge in [-0.1, -0.05) is 18.2 Å². The first-order valence-corrected chi connectivity index (χ1v) is 5.86. The van der Waals surface area contributed by atoms with E-state index in [1.807, 2.05) is 6.07 Å². The SMILES string of the molecule is O=c1c(Oc2ccccc2)coc2c(O)c(O)ccc12. The summed E-state index contributed by atoms with van der Waals surface area (Å²) in [4.78, 5) is 12.2. The molecule has 1 heterocycles. The van der Waals surface area contributed by atoms with Crippen LogP contribution in [-0.4, -0.2) is 10.2 Å². The minimum atomic E-state index is -0.467. The fraction of sp³-hybridized carbons (Fsp3) is 0. The third-order valence-electron chi connectivity index (χ3n) is 2.83. The van der Waals surface area contributed by atoms with Crippen LogP contribution in [0.2, 0.25) is 0 Å². The maximum Gasteiger partial charge on any atom is 0.235 e. The summed E-state index contributed by atoms with van der Waals surface area (Å²) in [6.07, 6.45) is 1.11. The van der Waals surface area contributed by atoms with Crippen molar-refractivity contribution in [2.45, 2.75) is 0 Å². The van der Waals surface area contributed by atoms with E-state index in [0.29, 0.717) is 5.75 Å². The lowest BCUT2D eigenvalue weighted by Crippen LogP contribution is -2.04. The number of hydrogen-bond acceptors (Lipinski definition) is 5. The molecule has 0 unspecified atom stereocenters. The molecule has 0 atom stereocenters. The van der Waals surface area contributed by atoms with Crippen LogP contribution in [0, 0.1) is 0 Å². The zero-order chi connectivity index (χ0) is 14.1. The van der Waals surface area contributed by atoms with Crippen LogP contribution in [0.25, 0.3) is 11.0 Å². The van der Waals surface area contributed by atoms with E-state index in [0.717, 1.165) is 6.26 Å². The Morgan fingerprint density at radius 3 is 2.50 bits per heavy atom. The summed E-state index contributed by atoms with van der Waals surface area (Å²) < 4.78 is 10.6. The zero-order valence-electron chi connectivity index (χ0n) is 10.2. The average molecular weight is 270 g/mol. The Bertz CT molecular complexity index is 821. The van der Waals surface area contributed by atoms with Gasteiger partial charge >= 0.3 is 0 Å². The quantitative estimate of drug-likeness (QED) is 0.700. The molecule has 0 aliphatic heterocycles. The molecule has 0 bridgehead atoms. The third-order valence-corrected chi connectivity index (χ3v) is 2.83. The Labute approximate surface area is 113 Å². The normalized spacial score (nSPS) is 10.6. The Morgan fingerprint density at radius 1 is 1.00 bits per heavy atom. The van der Waals surface area contributed by atoms with Crippen molar-refractivity contribution in [1.82, 2.24) is 0 Å². The van der Waals surface area contributed by atoms with Gasteiger partial charge in [-0.2, -0.15) is 0 Å². The molecule has 0 saturated heterocycles. The minimum Gasteiger partial charge on any atom is -0.504 e. The van der Waals surface area contributed by atoms with E-state index in [1.54, 1.807) is 24.3 Å². The Morgan fingerprint density at radius 2 is 1.75 bits per heavy atom. The van der Waals surface area contributed by atoms with Crippen molar-refractivity contribution in [1.29, 1.82) is 0 Å². The number of rotatable bonds is 2. The minimum absolute atomic E-state index is 0.00814. The number of fused-ring (bicyclic) bond motifs is 1. The van der Waals surface area contributed by atoms with Gasteiger partial charge in [-0.15, -0.1) is 0 Å². The molecular weight excluding hydrogens is 260 g/mol. The van der Waals surface area contributed by atoms with E-state index in [-0.39, 0.29) is 22.5 Å². The highest BCUT2D eigenvalue weighted by molar-refractivity contribution is 5.85. The topological polar surface area (TPSA) is 79.9 Å². The molecule has 0 aliphatic rings. The summed E-state index contributed by atoms with van der Waals surface area (Å²) >= 11 is 0. The van der Waals surface area contributed by atoms with Crippen LogP contribution in [0.3, 0.4) is 0 Å². The lowest BCUT2D eigenvalue weighted by Gasteiger charge is -2.06. The predicted molar refractivity (Wildman–Crippen MR) is 72.3 cm³/mol. The van der Waals surface area contributed by atoms with Gasteiger partial charge in [0.25, 0.3) is 0 Å². The summed E-state index contributed by atoms with van der Waals surface area (Å²) in [6.45, 7) is 0. The first-order chi connectivity index (χ1) is 9.66. The number of phenolic OH excluding ortho intramolecular Hbond substituents is 2. The molecule has 2 N–H and O–H groups in total. The Balaban J connectivity index is 2.13. The summed E-state index contributed by atoms with van der Waals surface area (Å²) in [5.74, 6) is -0.306. The summed E-state index contributed by atoms with van der Waals surface area (Å²) in [5, 5.41) is 19.1. The van der Waals surface area contributed by atoms with E-state index < -0.39 is 11.2 Å². The van der Waals surface area contributed by atoms with Crippen LogP contribution in [0.1, 0.15) is 0 Å². The van der Waals surface area contributed by atoms with Gasteiger partial charge in [0.15, 0.2) is 11.3 Å². The third kappa shape index (κ3) is 1.95. The van der Waals surface area contributed by atoms with Crippen molar-refractivity contribution >= 4 is 11.0 Å². The molecule has 0 saturated carbocycles. The standard InChI is InChI=1S/C15H10O5/c16-11-7-6-10-13(17)12(8-19-15(10)14(11)18)20-9-4-2-1-3-5-9/h1-8,16,18H. The lowest BCUT2D eigenvalue weighted by atomic mass is 10.2. The van der Waals surface area contributed by atoms with Gasteiger partial charge in [-0.25, -0.2) is 0 Å². The van der Waals surface area contributed by atoms with Gasteiger partial charge in [0.2, 0.25) is 16.9 Å². The van der Waals surface area contributed by atoms with Gasteiger partial charge in [-0.05, 0) is 24.3 Å². The monoisotopic (exact) mass is 270 g/mol. The molecule has 0 radical (unpaired) electrons. The number of aromatic hydroxyl groups is 2. The fourth-order valence-corrected chi connectivity index (χ4v) is 1.84.